The maximum atomic E-state index is 11.7. The molecule has 0 aliphatic rings. The van der Waals surface area contributed by atoms with E-state index in [0.29, 0.717) is 6.04 Å². The highest BCUT2D eigenvalue weighted by atomic mass is 16.5. The molecule has 0 aromatic rings. The fraction of sp³-hybridized carbons (Fsp3) is 0.933. The minimum Gasteiger partial charge on any atom is -0.383 e. The van der Waals surface area contributed by atoms with Crippen molar-refractivity contribution in [1.29, 1.82) is 0 Å². The van der Waals surface area contributed by atoms with E-state index in [2.05, 4.69) is 24.1 Å². The van der Waals surface area contributed by atoms with E-state index in [0.717, 1.165) is 32.5 Å². The van der Waals surface area contributed by atoms with Crippen LogP contribution in [-0.2, 0) is 9.53 Å². The third kappa shape index (κ3) is 7.22. The number of nitrogens with zero attached hydrogens (tertiary/aromatic N) is 1. The Balaban J connectivity index is 4.37. The highest BCUT2D eigenvalue weighted by Crippen LogP contribution is 2.14. The average Bonchev–Trinajstić information content (AvgIpc) is 2.31. The van der Waals surface area contributed by atoms with Gasteiger partial charge in [0.2, 0.25) is 5.91 Å². The zero-order valence-corrected chi connectivity index (χ0v) is 14.0. The average molecular weight is 287 g/mol. The van der Waals surface area contributed by atoms with Crippen molar-refractivity contribution in [2.45, 2.75) is 65.1 Å². The molecular formula is C15H33N3O2. The lowest BCUT2D eigenvalue weighted by atomic mass is 9.93. The van der Waals surface area contributed by atoms with Crippen LogP contribution in [0.5, 0.6) is 0 Å². The van der Waals surface area contributed by atoms with Gasteiger partial charge in [-0.05, 0) is 54.0 Å². The van der Waals surface area contributed by atoms with Crippen molar-refractivity contribution in [2.75, 3.05) is 26.8 Å². The molecule has 0 aliphatic carbocycles. The van der Waals surface area contributed by atoms with E-state index in [9.17, 15) is 4.79 Å². The first-order valence-corrected chi connectivity index (χ1v) is 7.53. The standard InChI is InChI=1S/C15H33N3O2/c1-12(2)17-15(5,14(16)19)8-7-9-18(13(3)4)10-11-20-6/h12-13,17H,7-11H2,1-6H3,(H2,16,19). The Labute approximate surface area is 124 Å². The van der Waals surface area contributed by atoms with Crippen LogP contribution in [0.1, 0.15) is 47.5 Å². The molecule has 0 heterocycles. The van der Waals surface area contributed by atoms with Gasteiger partial charge in [-0.15, -0.1) is 0 Å². The van der Waals surface area contributed by atoms with Crippen molar-refractivity contribution in [2.24, 2.45) is 5.73 Å². The summed E-state index contributed by atoms with van der Waals surface area (Å²) in [6.45, 7) is 12.9. The van der Waals surface area contributed by atoms with Crippen LogP contribution < -0.4 is 11.1 Å². The molecule has 0 aromatic carbocycles. The van der Waals surface area contributed by atoms with E-state index < -0.39 is 5.54 Å². The molecule has 0 aliphatic heterocycles. The second kappa shape index (κ2) is 9.32. The molecule has 0 saturated carbocycles. The van der Waals surface area contributed by atoms with Gasteiger partial charge in [-0.25, -0.2) is 0 Å². The van der Waals surface area contributed by atoms with Crippen LogP contribution in [0, 0.1) is 0 Å². The number of rotatable bonds is 11. The molecular weight excluding hydrogens is 254 g/mol. The zero-order chi connectivity index (χ0) is 15.8. The summed E-state index contributed by atoms with van der Waals surface area (Å²) >= 11 is 0. The Morgan fingerprint density at radius 2 is 1.90 bits per heavy atom. The SMILES string of the molecule is COCCN(CCCC(C)(NC(C)C)C(N)=O)C(C)C. The lowest BCUT2D eigenvalue weighted by molar-refractivity contribution is -0.124. The van der Waals surface area contributed by atoms with E-state index >= 15 is 0 Å². The predicted octanol–water partition coefficient (Wildman–Crippen LogP) is 1.37. The third-order valence-corrected chi connectivity index (χ3v) is 3.59. The molecule has 0 radical (unpaired) electrons. The first kappa shape index (κ1) is 19.4. The number of nitrogens with two attached hydrogens (primary N) is 1. The Morgan fingerprint density at radius 3 is 2.30 bits per heavy atom. The molecule has 5 heteroatoms. The third-order valence-electron chi connectivity index (χ3n) is 3.59. The largest absolute Gasteiger partial charge is 0.383 e. The number of nitrogens with one attached hydrogen (secondary N) is 1. The summed E-state index contributed by atoms with van der Waals surface area (Å²) in [5, 5.41) is 3.28. The quantitative estimate of drug-likeness (QED) is 0.602. The molecule has 3 N–H and O–H groups in total. The summed E-state index contributed by atoms with van der Waals surface area (Å²) in [6, 6.07) is 0.713. The Morgan fingerprint density at radius 1 is 1.30 bits per heavy atom. The van der Waals surface area contributed by atoms with Crippen LogP contribution in [-0.4, -0.2) is 55.2 Å². The lowest BCUT2D eigenvalue weighted by Gasteiger charge is -2.32. The molecule has 1 unspecified atom stereocenters. The van der Waals surface area contributed by atoms with Gasteiger partial charge in [-0.1, -0.05) is 0 Å². The van der Waals surface area contributed by atoms with E-state index in [4.69, 9.17) is 10.5 Å². The van der Waals surface area contributed by atoms with Crippen molar-refractivity contribution < 1.29 is 9.53 Å². The zero-order valence-electron chi connectivity index (χ0n) is 14.0. The lowest BCUT2D eigenvalue weighted by Crippen LogP contribution is -2.55. The van der Waals surface area contributed by atoms with Gasteiger partial charge in [0, 0.05) is 25.7 Å². The highest BCUT2D eigenvalue weighted by molar-refractivity contribution is 5.84. The van der Waals surface area contributed by atoms with Crippen LogP contribution >= 0.6 is 0 Å². The summed E-state index contributed by atoms with van der Waals surface area (Å²) in [7, 11) is 1.72. The van der Waals surface area contributed by atoms with Gasteiger partial charge in [-0.2, -0.15) is 0 Å². The van der Waals surface area contributed by atoms with Crippen molar-refractivity contribution in [3.63, 3.8) is 0 Å². The van der Waals surface area contributed by atoms with Gasteiger partial charge >= 0.3 is 0 Å². The van der Waals surface area contributed by atoms with Crippen molar-refractivity contribution in [3.8, 4) is 0 Å². The van der Waals surface area contributed by atoms with Gasteiger partial charge < -0.3 is 15.8 Å². The van der Waals surface area contributed by atoms with Gasteiger partial charge in [0.05, 0.1) is 12.1 Å². The number of ether oxygens (including phenoxy) is 1. The van der Waals surface area contributed by atoms with Crippen LogP contribution in [0.3, 0.4) is 0 Å². The van der Waals surface area contributed by atoms with Crippen LogP contribution in [0.2, 0.25) is 0 Å². The summed E-state index contributed by atoms with van der Waals surface area (Å²) in [4.78, 5) is 14.0. The van der Waals surface area contributed by atoms with Crippen molar-refractivity contribution in [1.82, 2.24) is 10.2 Å². The van der Waals surface area contributed by atoms with Crippen LogP contribution in [0.4, 0.5) is 0 Å². The first-order chi connectivity index (χ1) is 9.23. The fourth-order valence-electron chi connectivity index (χ4n) is 2.38. The molecule has 0 saturated heterocycles. The normalized spacial score (nSPS) is 15.1. The van der Waals surface area contributed by atoms with Gasteiger partial charge in [0.15, 0.2) is 0 Å². The minimum atomic E-state index is -0.627. The summed E-state index contributed by atoms with van der Waals surface area (Å²) < 4.78 is 5.13. The number of methoxy groups -OCH3 is 1. The minimum absolute atomic E-state index is 0.238. The maximum absolute atomic E-state index is 11.7. The summed E-state index contributed by atoms with van der Waals surface area (Å²) in [6.07, 6.45) is 1.68. The monoisotopic (exact) mass is 287 g/mol. The molecule has 1 atom stereocenters. The summed E-state index contributed by atoms with van der Waals surface area (Å²) in [5.74, 6) is -0.279. The van der Waals surface area contributed by atoms with Crippen molar-refractivity contribution in [3.05, 3.63) is 0 Å². The topological polar surface area (TPSA) is 67.6 Å². The van der Waals surface area contributed by atoms with E-state index in [-0.39, 0.29) is 11.9 Å². The first-order valence-electron chi connectivity index (χ1n) is 7.53. The Kier molecular flexibility index (Phi) is 9.01. The highest BCUT2D eigenvalue weighted by Gasteiger charge is 2.30. The van der Waals surface area contributed by atoms with Crippen LogP contribution in [0.15, 0.2) is 0 Å². The number of hydrogen-bond acceptors (Lipinski definition) is 4. The number of carbonyl (C=O) groups excluding carboxylic acids is 1. The number of amides is 1. The molecule has 0 spiro atoms. The maximum Gasteiger partial charge on any atom is 0.237 e. The molecule has 5 nitrogen and oxygen atoms in total. The van der Waals surface area contributed by atoms with Crippen molar-refractivity contribution >= 4 is 5.91 Å². The molecule has 20 heavy (non-hydrogen) atoms. The molecule has 120 valence electrons. The summed E-state index contributed by atoms with van der Waals surface area (Å²) in [5.41, 5.74) is 4.91. The molecule has 0 aromatic heterocycles. The smallest absolute Gasteiger partial charge is 0.237 e. The van der Waals surface area contributed by atoms with Gasteiger partial charge in [0.25, 0.3) is 0 Å². The molecule has 0 bridgehead atoms. The number of hydrogen-bond donors (Lipinski definition) is 2. The van der Waals surface area contributed by atoms with E-state index in [1.54, 1.807) is 7.11 Å². The second-order valence-corrected chi connectivity index (χ2v) is 6.22. The Bertz CT molecular complexity index is 282. The number of carbonyl (C=O) groups is 1. The van der Waals surface area contributed by atoms with Crippen LogP contribution in [0.25, 0.3) is 0 Å². The molecule has 0 fully saturated rings. The van der Waals surface area contributed by atoms with Gasteiger partial charge in [0.1, 0.15) is 0 Å². The van der Waals surface area contributed by atoms with E-state index in [1.165, 1.54) is 0 Å². The van der Waals surface area contributed by atoms with Gasteiger partial charge in [-0.3, -0.25) is 9.69 Å². The molecule has 0 rings (SSSR count). The fourth-order valence-corrected chi connectivity index (χ4v) is 2.38. The predicted molar refractivity (Wildman–Crippen MR) is 83.7 cm³/mol. The second-order valence-electron chi connectivity index (χ2n) is 6.22. The number of primary amides is 1. The molecule has 1 amide bonds. The Hall–Kier alpha value is -0.650. The van der Waals surface area contributed by atoms with E-state index in [1.807, 2.05) is 20.8 Å².